The Balaban J connectivity index is 0.000000897. The van der Waals surface area contributed by atoms with Gasteiger partial charge >= 0.3 is 5.97 Å². The average Bonchev–Trinajstić information content (AvgIpc) is 2.96. The molecule has 0 radical (unpaired) electrons. The summed E-state index contributed by atoms with van der Waals surface area (Å²) in [6.07, 6.45) is 23.5. The molecule has 0 unspecified atom stereocenters. The fourth-order valence-electron chi connectivity index (χ4n) is 4.16. The molecule has 0 fully saturated rings. The van der Waals surface area contributed by atoms with Crippen molar-refractivity contribution in [1.82, 2.24) is 0 Å². The van der Waals surface area contributed by atoms with Gasteiger partial charge in [0.15, 0.2) is 0 Å². The lowest BCUT2D eigenvalue weighted by Crippen LogP contribution is -2.29. The Kier molecular flexibility index (Phi) is 22.3. The van der Waals surface area contributed by atoms with Crippen molar-refractivity contribution in [2.45, 2.75) is 164 Å². The van der Waals surface area contributed by atoms with Crippen molar-refractivity contribution >= 4 is 17.6 Å². The van der Waals surface area contributed by atoms with Crippen LogP contribution in [-0.4, -0.2) is 23.6 Å². The van der Waals surface area contributed by atoms with Gasteiger partial charge in [0.25, 0.3) is 0 Å². The van der Waals surface area contributed by atoms with Crippen molar-refractivity contribution < 1.29 is 19.4 Å². The van der Waals surface area contributed by atoms with Gasteiger partial charge in [-0.1, -0.05) is 131 Å². The number of unbranched alkanes of at least 4 members (excludes halogenated alkanes) is 15. The van der Waals surface area contributed by atoms with Crippen molar-refractivity contribution in [1.29, 1.82) is 0 Å². The van der Waals surface area contributed by atoms with Crippen molar-refractivity contribution in [2.75, 3.05) is 11.9 Å². The fraction of sp³-hybridized carbons (Fsp3) is 0.778. The van der Waals surface area contributed by atoms with Crippen LogP contribution in [0.25, 0.3) is 0 Å². The summed E-state index contributed by atoms with van der Waals surface area (Å²) >= 11 is 0. The molecule has 0 saturated heterocycles. The van der Waals surface area contributed by atoms with E-state index in [2.05, 4.69) is 12.2 Å². The molecular formula is C36H65NO4. The van der Waals surface area contributed by atoms with E-state index in [4.69, 9.17) is 9.84 Å². The molecule has 41 heavy (non-hydrogen) atoms. The third-order valence-electron chi connectivity index (χ3n) is 8.29. The quantitative estimate of drug-likeness (QED) is 0.0819. The van der Waals surface area contributed by atoms with E-state index in [-0.39, 0.29) is 28.5 Å². The second-order valence-corrected chi connectivity index (χ2v) is 12.9. The molecule has 0 saturated carbocycles. The van der Waals surface area contributed by atoms with E-state index >= 15 is 0 Å². The Morgan fingerprint density at radius 2 is 1.02 bits per heavy atom. The number of carbonyl (C=O) groups excluding carboxylic acids is 2. The average molecular weight is 576 g/mol. The maximum Gasteiger partial charge on any atom is 0.311 e. The van der Waals surface area contributed by atoms with E-state index in [1.54, 1.807) is 24.3 Å². The van der Waals surface area contributed by atoms with Gasteiger partial charge in [-0.25, -0.2) is 0 Å². The summed E-state index contributed by atoms with van der Waals surface area (Å²) in [5, 5.41) is 11.9. The molecule has 1 aromatic rings. The monoisotopic (exact) mass is 575 g/mol. The molecule has 0 aliphatic carbocycles. The molecule has 5 heteroatoms. The van der Waals surface area contributed by atoms with Gasteiger partial charge in [-0.2, -0.15) is 0 Å². The molecule has 0 aliphatic heterocycles. The lowest BCUT2D eigenvalue weighted by Gasteiger charge is -2.21. The summed E-state index contributed by atoms with van der Waals surface area (Å²) in [5.41, 5.74) is 0.0201. The minimum atomic E-state index is -0.363. The van der Waals surface area contributed by atoms with Gasteiger partial charge < -0.3 is 15.2 Å². The Labute approximate surface area is 253 Å². The fourth-order valence-corrected chi connectivity index (χ4v) is 4.16. The number of hydrogen-bond donors (Lipinski definition) is 2. The number of amides is 1. The minimum absolute atomic E-state index is 0.00399. The number of hydrogen-bond acceptors (Lipinski definition) is 4. The molecule has 0 aliphatic rings. The Bertz CT molecular complexity index is 785. The van der Waals surface area contributed by atoms with E-state index in [9.17, 15) is 9.59 Å². The third-order valence-corrected chi connectivity index (χ3v) is 8.29. The van der Waals surface area contributed by atoms with E-state index in [0.29, 0.717) is 12.3 Å². The Morgan fingerprint density at radius 3 is 1.41 bits per heavy atom. The van der Waals surface area contributed by atoms with Crippen LogP contribution in [0, 0.1) is 10.8 Å². The molecule has 1 aromatic carbocycles. The summed E-state index contributed by atoms with van der Waals surface area (Å²) in [4.78, 5) is 23.6. The first-order valence-corrected chi connectivity index (χ1v) is 16.8. The standard InChI is InChI=1S/C24H48O2.C12H17NO2/c1-5-7-8-9-10-11-12-13-14-15-16-17-18-19-20-21-22-26-23(25)24(3,4)6-2;1-4-12(2,3)11(15)13-9-5-7-10(14)8-6-9/h5-22H2,1-4H3;5-8,14H,4H2,1-3H3,(H,13,15). The van der Waals surface area contributed by atoms with Gasteiger partial charge in [-0.15, -0.1) is 0 Å². The lowest BCUT2D eigenvalue weighted by molar-refractivity contribution is -0.154. The topological polar surface area (TPSA) is 75.6 Å². The predicted molar refractivity (Wildman–Crippen MR) is 175 cm³/mol. The van der Waals surface area contributed by atoms with Gasteiger partial charge in [0.05, 0.1) is 12.0 Å². The smallest absolute Gasteiger partial charge is 0.311 e. The maximum atomic E-state index is 11.8. The zero-order valence-electron chi connectivity index (χ0n) is 27.9. The van der Waals surface area contributed by atoms with E-state index < -0.39 is 0 Å². The molecule has 238 valence electrons. The number of phenols is 1. The first-order chi connectivity index (χ1) is 19.5. The molecule has 0 heterocycles. The van der Waals surface area contributed by atoms with E-state index in [1.807, 2.05) is 41.5 Å². The number of esters is 1. The number of carbonyl (C=O) groups is 2. The van der Waals surface area contributed by atoms with E-state index in [0.717, 1.165) is 19.3 Å². The molecule has 0 spiro atoms. The zero-order chi connectivity index (χ0) is 31.0. The van der Waals surface area contributed by atoms with Crippen LogP contribution in [0.1, 0.15) is 164 Å². The van der Waals surface area contributed by atoms with Crippen molar-refractivity contribution in [3.8, 4) is 5.75 Å². The molecule has 0 bridgehead atoms. The van der Waals surface area contributed by atoms with Gasteiger partial charge in [0, 0.05) is 11.1 Å². The van der Waals surface area contributed by atoms with Gasteiger partial charge in [-0.05, 0) is 57.4 Å². The normalized spacial score (nSPS) is 11.5. The lowest BCUT2D eigenvalue weighted by atomic mass is 9.89. The Morgan fingerprint density at radius 1 is 0.634 bits per heavy atom. The number of anilines is 1. The van der Waals surface area contributed by atoms with Crippen LogP contribution in [0.3, 0.4) is 0 Å². The largest absolute Gasteiger partial charge is 0.508 e. The second-order valence-electron chi connectivity index (χ2n) is 12.9. The van der Waals surface area contributed by atoms with Crippen molar-refractivity contribution in [3.63, 3.8) is 0 Å². The predicted octanol–water partition coefficient (Wildman–Crippen LogP) is 11.0. The first-order valence-electron chi connectivity index (χ1n) is 16.8. The maximum absolute atomic E-state index is 11.8. The van der Waals surface area contributed by atoms with Crippen LogP contribution < -0.4 is 5.32 Å². The van der Waals surface area contributed by atoms with Crippen LogP contribution in [0.5, 0.6) is 5.75 Å². The third kappa shape index (κ3) is 20.5. The zero-order valence-corrected chi connectivity index (χ0v) is 27.9. The number of rotatable bonds is 22. The highest BCUT2D eigenvalue weighted by Gasteiger charge is 2.27. The van der Waals surface area contributed by atoms with Gasteiger partial charge in [0.1, 0.15) is 5.75 Å². The summed E-state index contributed by atoms with van der Waals surface area (Å²) < 4.78 is 5.38. The highest BCUT2D eigenvalue weighted by Crippen LogP contribution is 2.23. The number of aromatic hydroxyl groups is 1. The van der Waals surface area contributed by atoms with Crippen LogP contribution in [0.15, 0.2) is 24.3 Å². The molecule has 2 N–H and O–H groups in total. The molecule has 1 amide bonds. The first kappa shape index (κ1) is 39.0. The molecule has 5 nitrogen and oxygen atoms in total. The molecule has 0 atom stereocenters. The molecule has 1 rings (SSSR count). The highest BCUT2D eigenvalue weighted by molar-refractivity contribution is 5.94. The molecule has 0 aromatic heterocycles. The summed E-state index contributed by atoms with van der Waals surface area (Å²) in [5.74, 6) is 0.152. The number of ether oxygens (including phenoxy) is 1. The summed E-state index contributed by atoms with van der Waals surface area (Å²) in [6.45, 7) is 14.6. The van der Waals surface area contributed by atoms with E-state index in [1.165, 1.54) is 96.3 Å². The number of benzene rings is 1. The minimum Gasteiger partial charge on any atom is -0.508 e. The molecular weight excluding hydrogens is 510 g/mol. The summed E-state index contributed by atoms with van der Waals surface area (Å²) in [6, 6.07) is 6.46. The van der Waals surface area contributed by atoms with Gasteiger partial charge in [-0.3, -0.25) is 9.59 Å². The van der Waals surface area contributed by atoms with Crippen LogP contribution >= 0.6 is 0 Å². The SMILES string of the molecule is CCC(C)(C)C(=O)Nc1ccc(O)cc1.CCCCCCCCCCCCCCCCCCOC(=O)C(C)(C)CC. The Hall–Kier alpha value is -2.04. The highest BCUT2D eigenvalue weighted by atomic mass is 16.5. The van der Waals surface area contributed by atoms with Crippen LogP contribution in [0.2, 0.25) is 0 Å². The number of nitrogens with one attached hydrogen (secondary N) is 1. The van der Waals surface area contributed by atoms with Crippen LogP contribution in [0.4, 0.5) is 5.69 Å². The second kappa shape index (κ2) is 23.5. The van der Waals surface area contributed by atoms with Crippen molar-refractivity contribution in [3.05, 3.63) is 24.3 Å². The summed E-state index contributed by atoms with van der Waals surface area (Å²) in [7, 11) is 0. The van der Waals surface area contributed by atoms with Gasteiger partial charge in [0.2, 0.25) is 5.91 Å². The van der Waals surface area contributed by atoms with Crippen molar-refractivity contribution in [2.24, 2.45) is 10.8 Å². The van der Waals surface area contributed by atoms with Crippen LogP contribution in [-0.2, 0) is 14.3 Å². The number of phenolic OH excluding ortho intramolecular Hbond substituents is 1.